The summed E-state index contributed by atoms with van der Waals surface area (Å²) in [5, 5.41) is 0. The molecule has 1 fully saturated rings. The number of aryl methyl sites for hydroxylation is 1. The van der Waals surface area contributed by atoms with Crippen molar-refractivity contribution in [2.45, 2.75) is 50.7 Å². The molecule has 146 valence electrons. The summed E-state index contributed by atoms with van der Waals surface area (Å²) in [4.78, 5) is 13.8. The number of carbonyl (C=O) groups is 1. The minimum atomic E-state index is -3.79. The average molecular weight is 385 g/mol. The number of hydrogen-bond acceptors (Lipinski definition) is 6. The Kier molecular flexibility index (Phi) is 6.65. The zero-order valence-electron chi connectivity index (χ0n) is 15.7. The Hall–Kier alpha value is -1.64. The molecule has 0 unspecified atom stereocenters. The van der Waals surface area contributed by atoms with E-state index in [1.54, 1.807) is 17.0 Å². The van der Waals surface area contributed by atoms with Gasteiger partial charge in [0.2, 0.25) is 0 Å². The van der Waals surface area contributed by atoms with E-state index in [0.29, 0.717) is 26.1 Å². The summed E-state index contributed by atoms with van der Waals surface area (Å²) in [6.07, 6.45) is -0.312. The first-order valence-electron chi connectivity index (χ1n) is 8.62. The lowest BCUT2D eigenvalue weighted by molar-refractivity contribution is -0.0475. The monoisotopic (exact) mass is 385 g/mol. The van der Waals surface area contributed by atoms with Crippen LogP contribution in [-0.2, 0) is 23.8 Å². The van der Waals surface area contributed by atoms with Gasteiger partial charge >= 0.3 is 6.09 Å². The van der Waals surface area contributed by atoms with E-state index in [1.165, 1.54) is 12.1 Å². The molecule has 1 aliphatic heterocycles. The molecule has 0 N–H and O–H groups in total. The van der Waals surface area contributed by atoms with Crippen LogP contribution in [-0.4, -0.2) is 57.4 Å². The molecule has 1 aromatic carbocycles. The molecule has 1 aliphatic rings. The molecular formula is C18H27NO6S. The van der Waals surface area contributed by atoms with E-state index in [-0.39, 0.29) is 23.7 Å². The Bertz CT molecular complexity index is 708. The fourth-order valence-corrected chi connectivity index (χ4v) is 3.37. The summed E-state index contributed by atoms with van der Waals surface area (Å²) in [6, 6.07) is 6.48. The maximum absolute atomic E-state index is 12.2. The molecule has 1 amide bonds. The van der Waals surface area contributed by atoms with Gasteiger partial charge in [-0.3, -0.25) is 4.18 Å². The SMILES string of the molecule is Cc1ccc(S(=O)(=O)OCC[C@H]2CN(C(=O)OC(C)(C)C)CCO2)cc1. The van der Waals surface area contributed by atoms with Crippen LogP contribution in [0.2, 0.25) is 0 Å². The summed E-state index contributed by atoms with van der Waals surface area (Å²) >= 11 is 0. The van der Waals surface area contributed by atoms with Gasteiger partial charge < -0.3 is 14.4 Å². The maximum Gasteiger partial charge on any atom is 0.410 e. The van der Waals surface area contributed by atoms with Crippen molar-refractivity contribution in [3.8, 4) is 0 Å². The molecule has 1 saturated heterocycles. The second kappa shape index (κ2) is 8.37. The lowest BCUT2D eigenvalue weighted by atomic mass is 10.2. The molecule has 0 spiro atoms. The van der Waals surface area contributed by atoms with Crippen molar-refractivity contribution in [2.24, 2.45) is 0 Å². The van der Waals surface area contributed by atoms with Gasteiger partial charge in [0.25, 0.3) is 10.1 Å². The van der Waals surface area contributed by atoms with Crippen molar-refractivity contribution in [1.82, 2.24) is 4.90 Å². The minimum Gasteiger partial charge on any atom is -0.444 e. The van der Waals surface area contributed by atoms with Crippen LogP contribution in [0.1, 0.15) is 32.8 Å². The van der Waals surface area contributed by atoms with Crippen LogP contribution >= 0.6 is 0 Å². The first-order chi connectivity index (χ1) is 12.1. The molecule has 1 aromatic rings. The topological polar surface area (TPSA) is 82.1 Å². The van der Waals surface area contributed by atoms with Crippen molar-refractivity contribution in [3.63, 3.8) is 0 Å². The van der Waals surface area contributed by atoms with Crippen LogP contribution in [0, 0.1) is 6.92 Å². The molecule has 1 heterocycles. The van der Waals surface area contributed by atoms with Gasteiger partial charge in [-0.15, -0.1) is 0 Å². The predicted molar refractivity (Wildman–Crippen MR) is 96.5 cm³/mol. The van der Waals surface area contributed by atoms with Crippen molar-refractivity contribution in [2.75, 3.05) is 26.3 Å². The van der Waals surface area contributed by atoms with Crippen LogP contribution in [0.3, 0.4) is 0 Å². The Morgan fingerprint density at radius 2 is 1.92 bits per heavy atom. The van der Waals surface area contributed by atoms with Crippen molar-refractivity contribution in [3.05, 3.63) is 29.8 Å². The highest BCUT2D eigenvalue weighted by atomic mass is 32.2. The van der Waals surface area contributed by atoms with Crippen LogP contribution < -0.4 is 0 Å². The van der Waals surface area contributed by atoms with E-state index < -0.39 is 15.7 Å². The molecule has 0 radical (unpaired) electrons. The Balaban J connectivity index is 1.83. The number of carbonyl (C=O) groups excluding carboxylic acids is 1. The standard InChI is InChI=1S/C18H27NO6S/c1-14-5-7-16(8-6-14)26(21,22)24-11-9-15-13-19(10-12-23-15)17(20)25-18(2,3)4/h5-8,15H,9-13H2,1-4H3/t15-/m0/s1. The number of rotatable bonds is 5. The number of benzene rings is 1. The summed E-state index contributed by atoms with van der Waals surface area (Å²) in [5.41, 5.74) is 0.414. The Morgan fingerprint density at radius 3 is 2.54 bits per heavy atom. The smallest absolute Gasteiger partial charge is 0.410 e. The molecule has 26 heavy (non-hydrogen) atoms. The second-order valence-electron chi connectivity index (χ2n) is 7.30. The van der Waals surface area contributed by atoms with Crippen LogP contribution in [0.5, 0.6) is 0 Å². The molecule has 0 aliphatic carbocycles. The number of amides is 1. The number of hydrogen-bond donors (Lipinski definition) is 0. The third-order valence-electron chi connectivity index (χ3n) is 3.78. The van der Waals surface area contributed by atoms with E-state index in [9.17, 15) is 13.2 Å². The van der Waals surface area contributed by atoms with E-state index in [1.807, 2.05) is 27.7 Å². The van der Waals surface area contributed by atoms with Crippen LogP contribution in [0.25, 0.3) is 0 Å². The molecule has 0 saturated carbocycles. The highest BCUT2D eigenvalue weighted by molar-refractivity contribution is 7.86. The second-order valence-corrected chi connectivity index (χ2v) is 8.91. The first kappa shape index (κ1) is 20.7. The van der Waals surface area contributed by atoms with E-state index in [4.69, 9.17) is 13.7 Å². The average Bonchev–Trinajstić information content (AvgIpc) is 2.54. The fraction of sp³-hybridized carbons (Fsp3) is 0.611. The summed E-state index contributed by atoms with van der Waals surface area (Å²) < 4.78 is 40.4. The Morgan fingerprint density at radius 1 is 1.27 bits per heavy atom. The maximum atomic E-state index is 12.2. The summed E-state index contributed by atoms with van der Waals surface area (Å²) in [7, 11) is -3.79. The molecule has 7 nitrogen and oxygen atoms in total. The lowest BCUT2D eigenvalue weighted by Gasteiger charge is -2.34. The van der Waals surface area contributed by atoms with E-state index in [0.717, 1.165) is 5.56 Å². The number of morpholine rings is 1. The first-order valence-corrected chi connectivity index (χ1v) is 10.0. The van der Waals surface area contributed by atoms with Crippen molar-refractivity contribution in [1.29, 1.82) is 0 Å². The van der Waals surface area contributed by atoms with Gasteiger partial charge in [0, 0.05) is 13.0 Å². The van der Waals surface area contributed by atoms with Gasteiger partial charge in [0.05, 0.1) is 30.8 Å². The lowest BCUT2D eigenvalue weighted by Crippen LogP contribution is -2.47. The van der Waals surface area contributed by atoms with Crippen LogP contribution in [0.15, 0.2) is 29.2 Å². The zero-order chi connectivity index (χ0) is 19.4. The molecule has 0 bridgehead atoms. The zero-order valence-corrected chi connectivity index (χ0v) is 16.5. The van der Waals surface area contributed by atoms with E-state index >= 15 is 0 Å². The summed E-state index contributed by atoms with van der Waals surface area (Å²) in [6.45, 7) is 8.49. The van der Waals surface area contributed by atoms with Crippen molar-refractivity contribution < 1.29 is 26.9 Å². The third-order valence-corrected chi connectivity index (χ3v) is 5.10. The van der Waals surface area contributed by atoms with Gasteiger partial charge in [-0.25, -0.2) is 4.79 Å². The van der Waals surface area contributed by atoms with Gasteiger partial charge in [-0.05, 0) is 39.8 Å². The van der Waals surface area contributed by atoms with Gasteiger partial charge in [0.1, 0.15) is 5.60 Å². The largest absolute Gasteiger partial charge is 0.444 e. The quantitative estimate of drug-likeness (QED) is 0.725. The molecule has 8 heteroatoms. The molecule has 0 aromatic heterocycles. The number of nitrogens with zero attached hydrogens (tertiary/aromatic N) is 1. The fourth-order valence-electron chi connectivity index (χ4n) is 2.45. The third kappa shape index (κ3) is 6.26. The van der Waals surface area contributed by atoms with Gasteiger partial charge in [-0.2, -0.15) is 8.42 Å². The van der Waals surface area contributed by atoms with E-state index in [2.05, 4.69) is 0 Å². The predicted octanol–water partition coefficient (Wildman–Crippen LogP) is 2.73. The Labute approximate surface area is 155 Å². The molecule has 2 rings (SSSR count). The highest BCUT2D eigenvalue weighted by Crippen LogP contribution is 2.17. The molecular weight excluding hydrogens is 358 g/mol. The molecule has 1 atom stereocenters. The van der Waals surface area contributed by atoms with Crippen molar-refractivity contribution >= 4 is 16.2 Å². The highest BCUT2D eigenvalue weighted by Gasteiger charge is 2.28. The van der Waals surface area contributed by atoms with Gasteiger partial charge in [0.15, 0.2) is 0 Å². The van der Waals surface area contributed by atoms with Gasteiger partial charge in [-0.1, -0.05) is 17.7 Å². The number of ether oxygens (including phenoxy) is 2. The summed E-state index contributed by atoms with van der Waals surface area (Å²) in [5.74, 6) is 0. The normalized spacial score (nSPS) is 18.6. The minimum absolute atomic E-state index is 0.0109. The van der Waals surface area contributed by atoms with Crippen LogP contribution in [0.4, 0.5) is 4.79 Å².